The molecule has 26 heavy (non-hydrogen) atoms. The molecule has 0 atom stereocenters. The van der Waals surface area contributed by atoms with Crippen LogP contribution in [0.15, 0.2) is 34.9 Å². The summed E-state index contributed by atoms with van der Waals surface area (Å²) in [6.07, 6.45) is 5.63. The summed E-state index contributed by atoms with van der Waals surface area (Å²) in [5.41, 5.74) is 7.77. The monoisotopic (exact) mass is 375 g/mol. The molecule has 3 aromatic rings. The van der Waals surface area contributed by atoms with Crippen molar-refractivity contribution < 1.29 is 9.21 Å². The molecule has 0 saturated heterocycles. The van der Waals surface area contributed by atoms with Crippen LogP contribution in [0.2, 0.25) is 0 Å². The van der Waals surface area contributed by atoms with E-state index >= 15 is 0 Å². The minimum Gasteiger partial charge on any atom is -0.461 e. The fourth-order valence-electron chi connectivity index (χ4n) is 3.37. The summed E-state index contributed by atoms with van der Waals surface area (Å²) in [6.45, 7) is 1.90. The van der Waals surface area contributed by atoms with Crippen LogP contribution in [0.5, 0.6) is 0 Å². The summed E-state index contributed by atoms with van der Waals surface area (Å²) in [7, 11) is 0. The lowest BCUT2D eigenvalue weighted by atomic mass is 9.92. The Morgan fingerprint density at radius 2 is 2.04 bits per heavy atom. The van der Waals surface area contributed by atoms with E-state index < -0.39 is 0 Å². The molecule has 1 fully saturated rings. The molecule has 1 aliphatic rings. The number of aryl methyl sites for hydroxylation is 1. The molecule has 1 saturated carbocycles. The van der Waals surface area contributed by atoms with Gasteiger partial charge in [0, 0.05) is 17.1 Å². The number of carbonyl (C=O) groups is 1. The molecule has 1 amide bonds. The third kappa shape index (κ3) is 3.73. The molecule has 4 rings (SSSR count). The molecular weight excluding hydrogens is 354 g/mol. The summed E-state index contributed by atoms with van der Waals surface area (Å²) >= 11 is 0. The van der Waals surface area contributed by atoms with Gasteiger partial charge in [0.15, 0.2) is 5.69 Å². The van der Waals surface area contributed by atoms with Crippen LogP contribution in [0, 0.1) is 6.92 Å². The highest BCUT2D eigenvalue weighted by molar-refractivity contribution is 6.03. The van der Waals surface area contributed by atoms with E-state index in [1.54, 1.807) is 10.9 Å². The lowest BCUT2D eigenvalue weighted by molar-refractivity contribution is 0.102. The molecule has 138 valence electrons. The number of halogens is 1. The predicted molar refractivity (Wildman–Crippen MR) is 102 cm³/mol. The number of nitrogens with two attached hydrogens (primary N) is 1. The Labute approximate surface area is 157 Å². The van der Waals surface area contributed by atoms with Crippen molar-refractivity contribution in [2.45, 2.75) is 44.7 Å². The average Bonchev–Trinajstić information content (AvgIpc) is 3.21. The highest BCUT2D eigenvalue weighted by Crippen LogP contribution is 2.27. The van der Waals surface area contributed by atoms with Gasteiger partial charge in [-0.2, -0.15) is 0 Å². The van der Waals surface area contributed by atoms with Crippen molar-refractivity contribution >= 4 is 35.0 Å². The Hall–Kier alpha value is -2.38. The molecule has 0 radical (unpaired) electrons. The third-order valence-electron chi connectivity index (χ3n) is 4.76. The van der Waals surface area contributed by atoms with Gasteiger partial charge >= 0.3 is 0 Å². The minimum absolute atomic E-state index is 0. The van der Waals surface area contributed by atoms with Gasteiger partial charge in [-0.15, -0.1) is 17.5 Å². The number of nitrogens with zero attached hydrogens (tertiary/aromatic N) is 3. The number of furan rings is 1. The fraction of sp³-hybridized carbons (Fsp3) is 0.389. The Balaban J connectivity index is 0.00000196. The van der Waals surface area contributed by atoms with Crippen LogP contribution in [0.25, 0.3) is 11.0 Å². The van der Waals surface area contributed by atoms with Gasteiger partial charge in [-0.1, -0.05) is 5.21 Å². The smallest absolute Gasteiger partial charge is 0.277 e. The van der Waals surface area contributed by atoms with E-state index in [0.29, 0.717) is 11.4 Å². The van der Waals surface area contributed by atoms with Crippen molar-refractivity contribution in [3.63, 3.8) is 0 Å². The third-order valence-corrected chi connectivity index (χ3v) is 4.76. The van der Waals surface area contributed by atoms with Gasteiger partial charge in [-0.25, -0.2) is 4.68 Å². The van der Waals surface area contributed by atoms with E-state index in [1.807, 2.05) is 31.2 Å². The summed E-state index contributed by atoms with van der Waals surface area (Å²) in [6, 6.07) is 8.05. The van der Waals surface area contributed by atoms with Gasteiger partial charge in [0.25, 0.3) is 5.91 Å². The maximum Gasteiger partial charge on any atom is 0.277 e. The molecule has 2 heterocycles. The summed E-state index contributed by atoms with van der Waals surface area (Å²) in [5, 5.41) is 12.0. The van der Waals surface area contributed by atoms with Gasteiger partial charge < -0.3 is 15.5 Å². The fourth-order valence-corrected chi connectivity index (χ4v) is 3.37. The quantitative estimate of drug-likeness (QED) is 0.730. The highest BCUT2D eigenvalue weighted by atomic mass is 35.5. The van der Waals surface area contributed by atoms with Crippen LogP contribution >= 0.6 is 12.4 Å². The zero-order valence-corrected chi connectivity index (χ0v) is 15.3. The number of benzene rings is 1. The Bertz CT molecular complexity index is 911. The topological polar surface area (TPSA) is 99.0 Å². The molecular formula is C18H22ClN5O2. The molecule has 0 aliphatic heterocycles. The predicted octanol–water partition coefficient (Wildman–Crippen LogP) is 3.45. The number of anilines is 1. The van der Waals surface area contributed by atoms with E-state index in [0.717, 1.165) is 42.4 Å². The first-order chi connectivity index (χ1) is 12.1. The van der Waals surface area contributed by atoms with Crippen LogP contribution in [0.3, 0.4) is 0 Å². The number of fused-ring (bicyclic) bond motifs is 1. The van der Waals surface area contributed by atoms with Crippen molar-refractivity contribution in [1.82, 2.24) is 15.0 Å². The Kier molecular flexibility index (Phi) is 5.29. The van der Waals surface area contributed by atoms with E-state index in [9.17, 15) is 4.79 Å². The SMILES string of the molecule is Cc1cc2cc(NC(=O)c3cn(C4CCC(N)CC4)nn3)ccc2o1.Cl. The molecule has 1 aromatic carbocycles. The van der Waals surface area contributed by atoms with Gasteiger partial charge in [-0.3, -0.25) is 4.79 Å². The molecule has 0 unspecified atom stereocenters. The molecule has 1 aliphatic carbocycles. The molecule has 0 bridgehead atoms. The van der Waals surface area contributed by atoms with Crippen LogP contribution in [-0.2, 0) is 0 Å². The highest BCUT2D eigenvalue weighted by Gasteiger charge is 2.22. The van der Waals surface area contributed by atoms with Crippen molar-refractivity contribution in [2.75, 3.05) is 5.32 Å². The van der Waals surface area contributed by atoms with Crippen molar-refractivity contribution in [1.29, 1.82) is 0 Å². The van der Waals surface area contributed by atoms with Gasteiger partial charge in [0.2, 0.25) is 0 Å². The minimum atomic E-state index is -0.265. The maximum atomic E-state index is 12.4. The van der Waals surface area contributed by atoms with Gasteiger partial charge in [0.1, 0.15) is 11.3 Å². The largest absolute Gasteiger partial charge is 0.461 e. The zero-order valence-electron chi connectivity index (χ0n) is 14.5. The van der Waals surface area contributed by atoms with Gasteiger partial charge in [0.05, 0.1) is 12.2 Å². The van der Waals surface area contributed by atoms with Gasteiger partial charge in [-0.05, 0) is 56.9 Å². The molecule has 8 heteroatoms. The zero-order chi connectivity index (χ0) is 17.4. The van der Waals surface area contributed by atoms with Crippen molar-refractivity contribution in [3.8, 4) is 0 Å². The van der Waals surface area contributed by atoms with E-state index in [-0.39, 0.29) is 30.4 Å². The average molecular weight is 376 g/mol. The van der Waals surface area contributed by atoms with Crippen molar-refractivity contribution in [2.24, 2.45) is 5.73 Å². The second-order valence-corrected chi connectivity index (χ2v) is 6.72. The summed E-state index contributed by atoms with van der Waals surface area (Å²) in [5.74, 6) is 0.576. The second-order valence-electron chi connectivity index (χ2n) is 6.72. The number of hydrogen-bond donors (Lipinski definition) is 2. The summed E-state index contributed by atoms with van der Waals surface area (Å²) in [4.78, 5) is 12.4. The molecule has 2 aromatic heterocycles. The summed E-state index contributed by atoms with van der Waals surface area (Å²) < 4.78 is 7.34. The van der Waals surface area contributed by atoms with Crippen LogP contribution in [0.1, 0.15) is 48.0 Å². The number of nitrogens with one attached hydrogen (secondary N) is 1. The first-order valence-corrected chi connectivity index (χ1v) is 8.57. The first-order valence-electron chi connectivity index (χ1n) is 8.57. The number of aromatic nitrogens is 3. The Morgan fingerprint density at radius 3 is 2.81 bits per heavy atom. The number of amides is 1. The second kappa shape index (κ2) is 7.47. The normalized spacial score (nSPS) is 19.9. The van der Waals surface area contributed by atoms with Crippen molar-refractivity contribution in [3.05, 3.63) is 41.9 Å². The van der Waals surface area contributed by atoms with E-state index in [4.69, 9.17) is 10.2 Å². The first kappa shape index (κ1) is 18.4. The number of rotatable bonds is 3. The van der Waals surface area contributed by atoms with Crippen LogP contribution < -0.4 is 11.1 Å². The molecule has 7 nitrogen and oxygen atoms in total. The lowest BCUT2D eigenvalue weighted by Gasteiger charge is -2.25. The van der Waals surface area contributed by atoms with Crippen LogP contribution in [-0.4, -0.2) is 26.9 Å². The molecule has 0 spiro atoms. The Morgan fingerprint density at radius 1 is 1.27 bits per heavy atom. The van der Waals surface area contributed by atoms with Crippen LogP contribution in [0.4, 0.5) is 5.69 Å². The molecule has 3 N–H and O–H groups in total. The lowest BCUT2D eigenvalue weighted by Crippen LogP contribution is -2.28. The maximum absolute atomic E-state index is 12.4. The number of carbonyl (C=O) groups excluding carboxylic acids is 1. The standard InChI is InChI=1S/C18H21N5O2.ClH/c1-11-8-12-9-14(4-7-17(12)25-11)20-18(24)16-10-23(22-21-16)15-5-2-13(19)3-6-15;/h4,7-10,13,15H,2-3,5-6,19H2,1H3,(H,20,24);1H. The van der Waals surface area contributed by atoms with E-state index in [1.165, 1.54) is 0 Å². The number of hydrogen-bond acceptors (Lipinski definition) is 5. The van der Waals surface area contributed by atoms with E-state index in [2.05, 4.69) is 15.6 Å².